The Labute approximate surface area is 440 Å². The molecular formula is C62H116N2O6P+. The fourth-order valence-corrected chi connectivity index (χ4v) is 9.26. The number of nitrogens with zero attached hydrogens (tertiary/aromatic N) is 1. The maximum absolute atomic E-state index is 13.0. The number of amides is 1. The first-order chi connectivity index (χ1) is 34.5. The van der Waals surface area contributed by atoms with Crippen LogP contribution in [0.4, 0.5) is 0 Å². The summed E-state index contributed by atoms with van der Waals surface area (Å²) in [5, 5.41) is 13.9. The van der Waals surface area contributed by atoms with Crippen LogP contribution in [-0.4, -0.2) is 73.4 Å². The summed E-state index contributed by atoms with van der Waals surface area (Å²) >= 11 is 0. The number of rotatable bonds is 54. The van der Waals surface area contributed by atoms with Crippen molar-refractivity contribution in [3.05, 3.63) is 72.9 Å². The van der Waals surface area contributed by atoms with Crippen molar-refractivity contribution < 1.29 is 32.9 Å². The number of aliphatic hydroxyl groups is 1. The Bertz CT molecular complexity index is 1380. The number of unbranched alkanes of at least 4 members (excludes halogenated alkanes) is 31. The molecule has 3 unspecified atom stereocenters. The Balaban J connectivity index is 4.21. The molecule has 0 bridgehead atoms. The Hall–Kier alpha value is -2.06. The molecule has 8 nitrogen and oxygen atoms in total. The van der Waals surface area contributed by atoms with Gasteiger partial charge in [-0.2, -0.15) is 0 Å². The van der Waals surface area contributed by atoms with Crippen LogP contribution in [0, 0.1) is 0 Å². The summed E-state index contributed by atoms with van der Waals surface area (Å²) in [4.78, 5) is 23.3. The lowest BCUT2D eigenvalue weighted by atomic mass is 10.0. The number of carbonyl (C=O) groups excluding carboxylic acids is 1. The van der Waals surface area contributed by atoms with Crippen LogP contribution >= 0.6 is 7.82 Å². The van der Waals surface area contributed by atoms with Crippen LogP contribution in [0.2, 0.25) is 0 Å². The lowest BCUT2D eigenvalue weighted by Gasteiger charge is -2.25. The van der Waals surface area contributed by atoms with E-state index in [0.29, 0.717) is 17.4 Å². The number of phosphoric acid groups is 1. The van der Waals surface area contributed by atoms with Crippen LogP contribution in [0.3, 0.4) is 0 Å². The summed E-state index contributed by atoms with van der Waals surface area (Å²) in [5.74, 6) is -0.201. The summed E-state index contributed by atoms with van der Waals surface area (Å²) in [6.07, 6.45) is 73.1. The number of aliphatic hydroxyl groups excluding tert-OH is 1. The van der Waals surface area contributed by atoms with Crippen molar-refractivity contribution in [1.82, 2.24) is 5.32 Å². The number of likely N-dealkylation sites (N-methyl/N-ethyl adjacent to an activating group) is 1. The number of phosphoric ester groups is 1. The molecule has 3 N–H and O–H groups in total. The minimum atomic E-state index is -4.36. The SMILES string of the molecule is CC/C=C\C/C=C\C/C=C\C/C=C\CCCCCCCCC(=O)NC(COP(=O)(O)OCC[N+](C)(C)C)C(O)/C=C/CC/C=C/CCCCCCCCCCCCCCCCCCCCCCCCCC. The predicted molar refractivity (Wildman–Crippen MR) is 309 cm³/mol. The topological polar surface area (TPSA) is 105 Å². The van der Waals surface area contributed by atoms with Crippen molar-refractivity contribution in [1.29, 1.82) is 0 Å². The highest BCUT2D eigenvalue weighted by molar-refractivity contribution is 7.47. The van der Waals surface area contributed by atoms with Gasteiger partial charge in [-0.25, -0.2) is 4.57 Å². The van der Waals surface area contributed by atoms with E-state index in [4.69, 9.17) is 9.05 Å². The van der Waals surface area contributed by atoms with Crippen LogP contribution in [0.25, 0.3) is 0 Å². The lowest BCUT2D eigenvalue weighted by molar-refractivity contribution is -0.870. The van der Waals surface area contributed by atoms with Gasteiger partial charge in [0.15, 0.2) is 0 Å². The normalized spacial score (nSPS) is 14.4. The largest absolute Gasteiger partial charge is 0.472 e. The molecule has 0 aliphatic heterocycles. The average molecular weight is 1020 g/mol. The first-order valence-corrected chi connectivity index (χ1v) is 31.3. The van der Waals surface area contributed by atoms with Gasteiger partial charge >= 0.3 is 7.82 Å². The molecule has 0 spiro atoms. The Morgan fingerprint density at radius 3 is 1.30 bits per heavy atom. The quantitative estimate of drug-likeness (QED) is 0.0243. The average Bonchev–Trinajstić information content (AvgIpc) is 3.33. The smallest absolute Gasteiger partial charge is 0.387 e. The van der Waals surface area contributed by atoms with E-state index in [9.17, 15) is 19.4 Å². The number of nitrogens with one attached hydrogen (secondary N) is 1. The Morgan fingerprint density at radius 2 is 0.859 bits per heavy atom. The molecule has 0 aromatic carbocycles. The number of quaternary nitrogens is 1. The molecule has 0 fully saturated rings. The zero-order chi connectivity index (χ0) is 52.0. The van der Waals surface area contributed by atoms with Gasteiger partial charge in [-0.15, -0.1) is 0 Å². The standard InChI is InChI=1S/C62H115N2O6P/c1-6-8-10-12-14-16-18-20-22-24-26-27-28-29-30-31-32-33-34-35-36-38-39-41-43-45-47-49-51-53-55-61(65)60(59-70-71(67,68)69-58-57-64(3,4)5)63-62(66)56-54-52-50-48-46-44-42-40-37-25-23-21-19-17-15-13-11-9-7-2/h9,11,15,17,21,23,37,40,45,47,53,55,60-61,65H,6-8,10,12-14,16,18-20,22,24-36,38-39,41-44,46,48-52,54,56-59H2,1-5H3,(H-,63,66,67,68)/p+1/b11-9-,17-15-,23-21-,40-37-,47-45+,55-53+. The molecule has 1 amide bonds. The zero-order valence-corrected chi connectivity index (χ0v) is 48.1. The molecule has 0 aliphatic carbocycles. The molecule has 0 saturated heterocycles. The summed E-state index contributed by atoms with van der Waals surface area (Å²) in [6, 6.07) is -0.876. The van der Waals surface area contributed by atoms with E-state index in [2.05, 4.69) is 79.9 Å². The van der Waals surface area contributed by atoms with Gasteiger partial charge in [0.2, 0.25) is 5.91 Å². The predicted octanol–water partition coefficient (Wildman–Crippen LogP) is 18.3. The molecule has 0 aliphatic rings. The van der Waals surface area contributed by atoms with Crippen molar-refractivity contribution in [3.8, 4) is 0 Å². The summed E-state index contributed by atoms with van der Waals surface area (Å²) in [6.45, 7) is 4.69. The number of carbonyl (C=O) groups is 1. The van der Waals surface area contributed by atoms with Crippen molar-refractivity contribution >= 4 is 13.7 Å². The molecule has 3 atom stereocenters. The summed E-state index contributed by atoms with van der Waals surface area (Å²) in [7, 11) is 1.54. The van der Waals surface area contributed by atoms with Gasteiger partial charge in [-0.1, -0.05) is 260 Å². The Morgan fingerprint density at radius 1 is 0.493 bits per heavy atom. The fraction of sp³-hybridized carbons (Fsp3) is 0.790. The second kappa shape index (κ2) is 52.8. The molecule has 414 valence electrons. The highest BCUT2D eigenvalue weighted by atomic mass is 31.2. The van der Waals surface area contributed by atoms with Gasteiger partial charge in [0.25, 0.3) is 0 Å². The molecule has 0 saturated carbocycles. The van der Waals surface area contributed by atoms with Gasteiger partial charge in [0.05, 0.1) is 39.9 Å². The third-order valence-electron chi connectivity index (χ3n) is 13.2. The highest BCUT2D eigenvalue weighted by Crippen LogP contribution is 2.43. The maximum Gasteiger partial charge on any atom is 0.472 e. The van der Waals surface area contributed by atoms with Crippen LogP contribution in [0.15, 0.2) is 72.9 Å². The number of allylic oxidation sites excluding steroid dienone is 11. The molecule has 0 heterocycles. The van der Waals surface area contributed by atoms with E-state index in [1.807, 2.05) is 27.2 Å². The van der Waals surface area contributed by atoms with Crippen molar-refractivity contribution in [2.24, 2.45) is 0 Å². The third kappa shape index (κ3) is 55.5. The van der Waals surface area contributed by atoms with E-state index >= 15 is 0 Å². The summed E-state index contributed by atoms with van der Waals surface area (Å²) in [5.41, 5.74) is 0. The monoisotopic (exact) mass is 1020 g/mol. The molecule has 0 aromatic heterocycles. The second-order valence-corrected chi connectivity index (χ2v) is 22.8. The molecule has 9 heteroatoms. The van der Waals surface area contributed by atoms with E-state index in [0.717, 1.165) is 77.0 Å². The van der Waals surface area contributed by atoms with Crippen LogP contribution in [0.5, 0.6) is 0 Å². The molecule has 0 radical (unpaired) electrons. The molecule has 0 aromatic rings. The van der Waals surface area contributed by atoms with Crippen LogP contribution < -0.4 is 5.32 Å². The highest BCUT2D eigenvalue weighted by Gasteiger charge is 2.27. The third-order valence-corrected chi connectivity index (χ3v) is 14.1. The van der Waals surface area contributed by atoms with Gasteiger partial charge in [-0.05, 0) is 70.6 Å². The van der Waals surface area contributed by atoms with Gasteiger partial charge in [0, 0.05) is 6.42 Å². The molecule has 0 rings (SSSR count). The van der Waals surface area contributed by atoms with Crippen molar-refractivity contribution in [2.75, 3.05) is 40.9 Å². The number of hydrogen-bond donors (Lipinski definition) is 3. The first-order valence-electron chi connectivity index (χ1n) is 29.8. The van der Waals surface area contributed by atoms with Crippen molar-refractivity contribution in [3.63, 3.8) is 0 Å². The van der Waals surface area contributed by atoms with E-state index in [1.54, 1.807) is 6.08 Å². The van der Waals surface area contributed by atoms with E-state index in [-0.39, 0.29) is 19.1 Å². The number of hydrogen-bond acceptors (Lipinski definition) is 5. The van der Waals surface area contributed by atoms with E-state index < -0.39 is 20.0 Å². The first kappa shape index (κ1) is 68.9. The maximum atomic E-state index is 13.0. The Kier molecular flexibility index (Phi) is 51.3. The van der Waals surface area contributed by atoms with Crippen LogP contribution in [-0.2, 0) is 18.4 Å². The van der Waals surface area contributed by atoms with Crippen LogP contribution in [0.1, 0.15) is 264 Å². The van der Waals surface area contributed by atoms with E-state index in [1.165, 1.54) is 167 Å². The minimum Gasteiger partial charge on any atom is -0.387 e. The summed E-state index contributed by atoms with van der Waals surface area (Å²) < 4.78 is 23.7. The minimum absolute atomic E-state index is 0.0500. The fourth-order valence-electron chi connectivity index (χ4n) is 8.52. The van der Waals surface area contributed by atoms with Gasteiger partial charge < -0.3 is 19.8 Å². The second-order valence-electron chi connectivity index (χ2n) is 21.3. The molecule has 71 heavy (non-hydrogen) atoms. The lowest BCUT2D eigenvalue weighted by Crippen LogP contribution is -2.45. The zero-order valence-electron chi connectivity index (χ0n) is 47.2. The van der Waals surface area contributed by atoms with Gasteiger partial charge in [0.1, 0.15) is 13.2 Å². The molecular weight excluding hydrogens is 900 g/mol. The van der Waals surface area contributed by atoms with Gasteiger partial charge in [-0.3, -0.25) is 13.8 Å². The van der Waals surface area contributed by atoms with Crippen molar-refractivity contribution in [2.45, 2.75) is 276 Å².